The Morgan fingerprint density at radius 2 is 0.913 bits per heavy atom. The number of hydrogen-bond donors (Lipinski definition) is 0. The molecule has 0 unspecified atom stereocenters. The van der Waals surface area contributed by atoms with Gasteiger partial charge in [0.15, 0.2) is 0 Å². The monoisotopic (exact) mass is 470 g/mol. The maximum absolute atomic E-state index is 6.22. The van der Waals surface area contributed by atoms with Crippen molar-refractivity contribution in [3.05, 3.63) is 54.4 Å². The Morgan fingerprint density at radius 3 is 1.26 bits per heavy atom. The first kappa shape index (κ1) is 19.7. The maximum atomic E-state index is 6.22. The van der Waals surface area contributed by atoms with E-state index in [-0.39, 0.29) is 41.6 Å². The Bertz CT molecular complexity index is 746. The van der Waals surface area contributed by atoms with Crippen LogP contribution in [-0.4, -0.2) is 6.30 Å². The second kappa shape index (κ2) is 7.72. The Balaban J connectivity index is 2.28. The van der Waals surface area contributed by atoms with E-state index in [0.717, 1.165) is 0 Å². The molecule has 0 spiro atoms. The van der Waals surface area contributed by atoms with Crippen molar-refractivity contribution in [1.29, 1.82) is 0 Å². The van der Waals surface area contributed by atoms with Crippen molar-refractivity contribution in [2.45, 2.75) is 0 Å². The van der Waals surface area contributed by atoms with E-state index in [9.17, 15) is 0 Å². The molecule has 0 aliphatic carbocycles. The van der Waals surface area contributed by atoms with Crippen LogP contribution in [0.1, 0.15) is 0 Å². The summed E-state index contributed by atoms with van der Waals surface area (Å²) in [6, 6.07) is 5.66. The fourth-order valence-corrected chi connectivity index (χ4v) is 4.09. The molecule has 0 amide bonds. The summed E-state index contributed by atoms with van der Waals surface area (Å²) in [6.07, 6.45) is 3.71. The lowest BCUT2D eigenvalue weighted by molar-refractivity contribution is 0.503. The highest BCUT2D eigenvalue weighted by Gasteiger charge is 2.21. The van der Waals surface area contributed by atoms with Gasteiger partial charge in [0.2, 0.25) is 0 Å². The Labute approximate surface area is 168 Å². The highest BCUT2D eigenvalue weighted by atomic mass is 35.7. The van der Waals surface area contributed by atoms with Gasteiger partial charge in [-0.1, -0.05) is 69.6 Å². The van der Waals surface area contributed by atoms with Crippen molar-refractivity contribution < 1.29 is 9.05 Å². The maximum Gasteiger partial charge on any atom is 0.308 e. The van der Waals surface area contributed by atoms with Crippen molar-refractivity contribution in [2.24, 2.45) is 0 Å². The lowest BCUT2D eigenvalue weighted by Crippen LogP contribution is -1.97. The van der Waals surface area contributed by atoms with Gasteiger partial charge >= 0.3 is 6.69 Å². The van der Waals surface area contributed by atoms with Crippen LogP contribution >= 0.6 is 87.5 Å². The molecule has 0 aliphatic heterocycles. The van der Waals surface area contributed by atoms with Crippen LogP contribution in [-0.2, 0) is 0 Å². The molecule has 2 rings (SSSR count). The third-order valence-electron chi connectivity index (χ3n) is 2.42. The zero-order chi connectivity index (χ0) is 17.4. The summed E-state index contributed by atoms with van der Waals surface area (Å²) in [5, 5.41) is 1.46. The first-order valence-electron chi connectivity index (χ1n) is 5.70. The van der Waals surface area contributed by atoms with Crippen molar-refractivity contribution in [3.8, 4) is 11.5 Å². The molecular formula is C13H6Cl7O2P. The normalized spacial score (nSPS) is 11.4. The summed E-state index contributed by atoms with van der Waals surface area (Å²) < 4.78 is 11.1. The molecule has 2 aromatic carbocycles. The van der Waals surface area contributed by atoms with E-state index in [1.54, 1.807) is 0 Å². The Hall–Kier alpha value is 0.370. The van der Waals surface area contributed by atoms with Gasteiger partial charge in [-0.25, -0.2) is 0 Å². The van der Waals surface area contributed by atoms with Gasteiger partial charge in [-0.15, -0.1) is 0 Å². The highest BCUT2D eigenvalue weighted by Crippen LogP contribution is 2.55. The predicted octanol–water partition coefficient (Wildman–Crippen LogP) is 8.50. The van der Waals surface area contributed by atoms with Crippen LogP contribution in [0, 0.1) is 0 Å². The third-order valence-corrected chi connectivity index (χ3v) is 5.81. The first-order valence-corrected chi connectivity index (χ1v) is 10.7. The Kier molecular flexibility index (Phi) is 6.61. The van der Waals surface area contributed by atoms with Crippen LogP contribution in [0.5, 0.6) is 11.5 Å². The lowest BCUT2D eigenvalue weighted by atomic mass is 10.3. The molecule has 2 nitrogen and oxygen atoms in total. The number of benzene rings is 2. The number of halogens is 7. The second-order valence-corrected chi connectivity index (χ2v) is 9.70. The minimum absolute atomic E-state index is 0.176. The van der Waals surface area contributed by atoms with Gasteiger partial charge in [0.25, 0.3) is 0 Å². The summed E-state index contributed by atoms with van der Waals surface area (Å²) in [5.74, 6) is 0.353. The van der Waals surface area contributed by atoms with Gasteiger partial charge in [-0.2, -0.15) is 0 Å². The van der Waals surface area contributed by atoms with E-state index < -0.39 is 6.69 Å². The smallest absolute Gasteiger partial charge is 0.308 e. The molecule has 0 fully saturated rings. The molecule has 0 atom stereocenters. The molecule has 0 saturated heterocycles. The van der Waals surface area contributed by atoms with E-state index in [1.165, 1.54) is 24.3 Å². The van der Waals surface area contributed by atoms with Crippen LogP contribution in [0.15, 0.2) is 24.3 Å². The predicted molar refractivity (Wildman–Crippen MR) is 104 cm³/mol. The zero-order valence-corrected chi connectivity index (χ0v) is 17.1. The van der Waals surface area contributed by atoms with E-state index in [4.69, 9.17) is 89.9 Å². The molecule has 2 aromatic rings. The fraction of sp³-hybridized carbons (Fsp3) is 0. The summed E-state index contributed by atoms with van der Waals surface area (Å²) in [7, 11) is 0. The molecule has 10 heteroatoms. The van der Waals surface area contributed by atoms with Crippen LogP contribution < -0.4 is 9.05 Å². The van der Waals surface area contributed by atoms with Crippen molar-refractivity contribution in [3.63, 3.8) is 0 Å². The quantitative estimate of drug-likeness (QED) is 0.328. The number of hydrogen-bond acceptors (Lipinski definition) is 2. The molecule has 0 N–H and O–H groups in total. The molecular weight excluding hydrogens is 467 g/mol. The molecule has 0 aliphatic rings. The van der Waals surface area contributed by atoms with Gasteiger partial charge in [0.1, 0.15) is 11.5 Å². The van der Waals surface area contributed by atoms with Crippen molar-refractivity contribution in [1.82, 2.24) is 0 Å². The van der Waals surface area contributed by atoms with Gasteiger partial charge in [-0.3, -0.25) is 0 Å². The topological polar surface area (TPSA) is 18.5 Å². The van der Waals surface area contributed by atoms with Crippen molar-refractivity contribution >= 4 is 93.8 Å². The second-order valence-electron chi connectivity index (χ2n) is 4.17. The minimum Gasteiger partial charge on any atom is -0.431 e. The average molecular weight is 473 g/mol. The molecule has 0 heterocycles. The standard InChI is InChI=1S/C13H6Cl7O2P/c1-23(20,21-12-4-8(16)6(14)2-10(12)18)22-13-5-9(17)7(15)3-11(13)19/h2-5H,1H2. The van der Waals surface area contributed by atoms with E-state index in [2.05, 4.69) is 6.30 Å². The van der Waals surface area contributed by atoms with Crippen LogP contribution in [0.4, 0.5) is 0 Å². The van der Waals surface area contributed by atoms with Gasteiger partial charge < -0.3 is 9.05 Å². The summed E-state index contributed by atoms with van der Waals surface area (Å²) in [4.78, 5) is 0. The van der Waals surface area contributed by atoms with Crippen LogP contribution in [0.25, 0.3) is 0 Å². The number of rotatable bonds is 4. The van der Waals surface area contributed by atoms with Crippen molar-refractivity contribution in [2.75, 3.05) is 0 Å². The van der Waals surface area contributed by atoms with E-state index >= 15 is 0 Å². The van der Waals surface area contributed by atoms with E-state index in [1.807, 2.05) is 0 Å². The van der Waals surface area contributed by atoms with Gasteiger partial charge in [-0.05, 0) is 29.7 Å². The minimum atomic E-state index is -3.16. The molecule has 0 radical (unpaired) electrons. The third kappa shape index (κ3) is 5.17. The zero-order valence-electron chi connectivity index (χ0n) is 10.9. The summed E-state index contributed by atoms with van der Waals surface area (Å²) in [5.41, 5.74) is 0. The summed E-state index contributed by atoms with van der Waals surface area (Å²) >= 11 is 41.8. The van der Waals surface area contributed by atoms with Gasteiger partial charge in [0, 0.05) is 12.1 Å². The molecule has 23 heavy (non-hydrogen) atoms. The summed E-state index contributed by atoms with van der Waals surface area (Å²) in [6.45, 7) is -3.16. The average Bonchev–Trinajstić information content (AvgIpc) is 2.41. The molecule has 124 valence electrons. The van der Waals surface area contributed by atoms with Gasteiger partial charge in [0.05, 0.1) is 30.1 Å². The fourth-order valence-electron chi connectivity index (χ4n) is 1.46. The van der Waals surface area contributed by atoms with Crippen LogP contribution in [0.3, 0.4) is 0 Å². The molecule has 0 saturated carbocycles. The SMILES string of the molecule is C=P(Cl)(Oc1cc(Cl)c(Cl)cc1Cl)Oc1cc(Cl)c(Cl)cc1Cl. The lowest BCUT2D eigenvalue weighted by Gasteiger charge is -2.21. The molecule has 0 bridgehead atoms. The largest absolute Gasteiger partial charge is 0.431 e. The Morgan fingerprint density at radius 1 is 0.609 bits per heavy atom. The first-order chi connectivity index (χ1) is 10.6. The van der Waals surface area contributed by atoms with Crippen LogP contribution in [0.2, 0.25) is 30.1 Å². The van der Waals surface area contributed by atoms with E-state index in [0.29, 0.717) is 0 Å². The highest BCUT2D eigenvalue weighted by molar-refractivity contribution is 7.89. The molecule has 0 aromatic heterocycles.